The van der Waals surface area contributed by atoms with E-state index >= 15 is 0 Å². The van der Waals surface area contributed by atoms with E-state index in [1.165, 1.54) is 12.1 Å². The van der Waals surface area contributed by atoms with Crippen LogP contribution >= 0.6 is 0 Å². The van der Waals surface area contributed by atoms with E-state index in [0.717, 1.165) is 22.4 Å². The minimum absolute atomic E-state index is 0.0115. The molecule has 0 bridgehead atoms. The first-order valence-corrected chi connectivity index (χ1v) is 8.02. The Labute approximate surface area is 149 Å². The molecule has 1 N–H and O–H groups in total. The van der Waals surface area contributed by atoms with Crippen molar-refractivity contribution in [1.82, 2.24) is 9.97 Å². The number of ether oxygens (including phenoxy) is 1. The van der Waals surface area contributed by atoms with E-state index in [2.05, 4.69) is 9.97 Å². The van der Waals surface area contributed by atoms with Gasteiger partial charge in [0, 0.05) is 11.6 Å². The third-order valence-electron chi connectivity index (χ3n) is 4.25. The van der Waals surface area contributed by atoms with Crippen LogP contribution in [0.1, 0.15) is 5.56 Å². The molecule has 0 aliphatic carbocycles. The molecule has 0 saturated carbocycles. The number of nitriles is 1. The Morgan fingerprint density at radius 2 is 1.77 bits per heavy atom. The SMILES string of the molecule is COc1ccc(-c2cccc(-c3nc4cc(C#N)c(F)cc4[nH]3)c2)cc1. The zero-order chi connectivity index (χ0) is 18.1. The van der Waals surface area contributed by atoms with Crippen molar-refractivity contribution in [2.75, 3.05) is 7.11 Å². The van der Waals surface area contributed by atoms with Crippen LogP contribution in [0.4, 0.5) is 4.39 Å². The van der Waals surface area contributed by atoms with Gasteiger partial charge in [-0.1, -0.05) is 30.3 Å². The summed E-state index contributed by atoms with van der Waals surface area (Å²) in [4.78, 5) is 7.62. The van der Waals surface area contributed by atoms with Gasteiger partial charge in [0.05, 0.1) is 23.7 Å². The van der Waals surface area contributed by atoms with E-state index in [1.807, 2.05) is 54.6 Å². The molecule has 0 atom stereocenters. The molecule has 0 saturated heterocycles. The summed E-state index contributed by atoms with van der Waals surface area (Å²) in [6.45, 7) is 0. The highest BCUT2D eigenvalue weighted by molar-refractivity contribution is 5.82. The zero-order valence-corrected chi connectivity index (χ0v) is 14.0. The number of H-pyrrole nitrogens is 1. The summed E-state index contributed by atoms with van der Waals surface area (Å²) in [7, 11) is 1.64. The van der Waals surface area contributed by atoms with Crippen molar-refractivity contribution in [3.05, 3.63) is 72.0 Å². The first-order chi connectivity index (χ1) is 12.7. The van der Waals surface area contributed by atoms with Gasteiger partial charge in [-0.05, 0) is 35.4 Å². The molecule has 26 heavy (non-hydrogen) atoms. The number of nitrogens with one attached hydrogen (secondary N) is 1. The molecule has 0 amide bonds. The van der Waals surface area contributed by atoms with E-state index in [-0.39, 0.29) is 5.56 Å². The first-order valence-electron chi connectivity index (χ1n) is 8.02. The topological polar surface area (TPSA) is 61.7 Å². The molecule has 1 heterocycles. The lowest BCUT2D eigenvalue weighted by Crippen LogP contribution is -1.84. The van der Waals surface area contributed by atoms with Crippen molar-refractivity contribution < 1.29 is 9.13 Å². The number of benzene rings is 3. The number of nitrogens with zero attached hydrogens (tertiary/aromatic N) is 2. The van der Waals surface area contributed by atoms with Crippen LogP contribution in [0.15, 0.2) is 60.7 Å². The summed E-state index contributed by atoms with van der Waals surface area (Å²) in [6.07, 6.45) is 0. The van der Waals surface area contributed by atoms with Crippen molar-refractivity contribution in [3.63, 3.8) is 0 Å². The Kier molecular flexibility index (Phi) is 3.86. The highest BCUT2D eigenvalue weighted by Gasteiger charge is 2.10. The Morgan fingerprint density at radius 3 is 2.50 bits per heavy atom. The van der Waals surface area contributed by atoms with Crippen LogP contribution in [-0.4, -0.2) is 17.1 Å². The quantitative estimate of drug-likeness (QED) is 0.574. The number of rotatable bonds is 3. The molecule has 4 nitrogen and oxygen atoms in total. The number of fused-ring (bicyclic) bond motifs is 1. The van der Waals surface area contributed by atoms with Gasteiger partial charge in [0.25, 0.3) is 0 Å². The number of aromatic amines is 1. The monoisotopic (exact) mass is 343 g/mol. The second-order valence-corrected chi connectivity index (χ2v) is 5.86. The predicted molar refractivity (Wildman–Crippen MR) is 98.2 cm³/mol. The van der Waals surface area contributed by atoms with Crippen molar-refractivity contribution in [1.29, 1.82) is 5.26 Å². The molecule has 0 unspecified atom stereocenters. The van der Waals surface area contributed by atoms with Gasteiger partial charge < -0.3 is 9.72 Å². The average molecular weight is 343 g/mol. The molecule has 4 aromatic rings. The molecular weight excluding hydrogens is 329 g/mol. The molecule has 0 fully saturated rings. The molecule has 0 aliphatic rings. The Bertz CT molecular complexity index is 1140. The van der Waals surface area contributed by atoms with Crippen molar-refractivity contribution in [2.24, 2.45) is 0 Å². The van der Waals surface area contributed by atoms with Crippen LogP contribution in [0.5, 0.6) is 5.75 Å². The van der Waals surface area contributed by atoms with E-state index in [4.69, 9.17) is 10.00 Å². The second kappa shape index (κ2) is 6.34. The summed E-state index contributed by atoms with van der Waals surface area (Å²) in [5.74, 6) is 0.879. The van der Waals surface area contributed by atoms with Gasteiger partial charge >= 0.3 is 0 Å². The van der Waals surface area contributed by atoms with Crippen LogP contribution < -0.4 is 4.74 Å². The second-order valence-electron chi connectivity index (χ2n) is 5.86. The van der Waals surface area contributed by atoms with E-state index in [0.29, 0.717) is 16.9 Å². The molecule has 5 heteroatoms. The Hall–Kier alpha value is -3.65. The maximum atomic E-state index is 13.8. The number of hydrogen-bond acceptors (Lipinski definition) is 3. The smallest absolute Gasteiger partial charge is 0.143 e. The summed E-state index contributed by atoms with van der Waals surface area (Å²) in [5, 5.41) is 8.96. The normalized spacial score (nSPS) is 10.7. The van der Waals surface area contributed by atoms with Gasteiger partial charge in [-0.25, -0.2) is 9.37 Å². The summed E-state index contributed by atoms with van der Waals surface area (Å²) < 4.78 is 19.0. The van der Waals surface area contributed by atoms with Crippen molar-refractivity contribution in [3.8, 4) is 34.3 Å². The minimum atomic E-state index is -0.554. The molecule has 4 rings (SSSR count). The van der Waals surface area contributed by atoms with Crippen LogP contribution in [0.2, 0.25) is 0 Å². The lowest BCUT2D eigenvalue weighted by Gasteiger charge is -2.05. The number of imidazole rings is 1. The molecule has 0 radical (unpaired) electrons. The Balaban J connectivity index is 1.76. The lowest BCUT2D eigenvalue weighted by atomic mass is 10.0. The van der Waals surface area contributed by atoms with Crippen molar-refractivity contribution >= 4 is 11.0 Å². The predicted octanol–water partition coefficient (Wildman–Crippen LogP) is 4.92. The van der Waals surface area contributed by atoms with Gasteiger partial charge in [0.1, 0.15) is 23.5 Å². The zero-order valence-electron chi connectivity index (χ0n) is 14.0. The summed E-state index contributed by atoms with van der Waals surface area (Å²) >= 11 is 0. The number of aromatic nitrogens is 2. The first kappa shape index (κ1) is 15.9. The van der Waals surface area contributed by atoms with Crippen LogP contribution in [0, 0.1) is 17.1 Å². The van der Waals surface area contributed by atoms with E-state index in [1.54, 1.807) is 7.11 Å². The van der Waals surface area contributed by atoms with Gasteiger partial charge in [-0.2, -0.15) is 5.26 Å². The molecule has 126 valence electrons. The molecule has 3 aromatic carbocycles. The average Bonchev–Trinajstić information content (AvgIpc) is 3.10. The fraction of sp³-hybridized carbons (Fsp3) is 0.0476. The van der Waals surface area contributed by atoms with Gasteiger partial charge in [-0.15, -0.1) is 0 Å². The number of halogens is 1. The third-order valence-corrected chi connectivity index (χ3v) is 4.25. The van der Waals surface area contributed by atoms with Gasteiger partial charge in [0.2, 0.25) is 0 Å². The Morgan fingerprint density at radius 1 is 1.00 bits per heavy atom. The fourth-order valence-electron chi connectivity index (χ4n) is 2.88. The van der Waals surface area contributed by atoms with Crippen LogP contribution in [0.3, 0.4) is 0 Å². The van der Waals surface area contributed by atoms with E-state index in [9.17, 15) is 4.39 Å². The molecule has 1 aromatic heterocycles. The molecule has 0 aliphatic heterocycles. The summed E-state index contributed by atoms with van der Waals surface area (Å²) in [5.41, 5.74) is 4.09. The maximum absolute atomic E-state index is 13.8. The lowest BCUT2D eigenvalue weighted by molar-refractivity contribution is 0.415. The maximum Gasteiger partial charge on any atom is 0.143 e. The summed E-state index contributed by atoms with van der Waals surface area (Å²) in [6, 6.07) is 20.3. The molecular formula is C21H14FN3O. The number of methoxy groups -OCH3 is 1. The van der Waals surface area contributed by atoms with Crippen LogP contribution in [-0.2, 0) is 0 Å². The highest BCUT2D eigenvalue weighted by atomic mass is 19.1. The third kappa shape index (κ3) is 2.78. The van der Waals surface area contributed by atoms with Crippen molar-refractivity contribution in [2.45, 2.75) is 0 Å². The highest BCUT2D eigenvalue weighted by Crippen LogP contribution is 2.28. The molecule has 0 spiro atoms. The van der Waals surface area contributed by atoms with Gasteiger partial charge in [-0.3, -0.25) is 0 Å². The number of hydrogen-bond donors (Lipinski definition) is 1. The van der Waals surface area contributed by atoms with Gasteiger partial charge in [0.15, 0.2) is 0 Å². The van der Waals surface area contributed by atoms with E-state index < -0.39 is 5.82 Å². The minimum Gasteiger partial charge on any atom is -0.497 e. The van der Waals surface area contributed by atoms with Crippen LogP contribution in [0.25, 0.3) is 33.5 Å². The standard InChI is InChI=1S/C21H14FN3O/c1-26-17-7-5-13(6-8-17)14-3-2-4-15(9-14)21-24-19-10-16(12-23)18(22)11-20(19)25-21/h2-11H,1H3,(H,24,25). The fourth-order valence-corrected chi connectivity index (χ4v) is 2.88. The largest absolute Gasteiger partial charge is 0.497 e.